The summed E-state index contributed by atoms with van der Waals surface area (Å²) >= 11 is 12.1. The molecule has 5 nitrogen and oxygen atoms in total. The summed E-state index contributed by atoms with van der Waals surface area (Å²) in [6.45, 7) is 2.18. The molecule has 0 radical (unpaired) electrons. The van der Waals surface area contributed by atoms with Crippen molar-refractivity contribution in [3.05, 3.63) is 118 Å². The van der Waals surface area contributed by atoms with Crippen molar-refractivity contribution in [1.29, 1.82) is 0 Å². The molecule has 0 N–H and O–H groups in total. The highest BCUT2D eigenvalue weighted by atomic mass is 35.5. The Kier molecular flexibility index (Phi) is 7.54. The Morgan fingerprint density at radius 2 is 1.65 bits per heavy atom. The fourth-order valence-electron chi connectivity index (χ4n) is 3.29. The van der Waals surface area contributed by atoms with Gasteiger partial charge in [-0.25, -0.2) is 8.42 Å². The van der Waals surface area contributed by atoms with Crippen LogP contribution in [0.2, 0.25) is 10.0 Å². The lowest BCUT2D eigenvalue weighted by Gasteiger charge is -2.21. The number of nitrogens with zero attached hydrogens (tertiary/aromatic N) is 2. The van der Waals surface area contributed by atoms with E-state index in [2.05, 4.69) is 4.99 Å². The van der Waals surface area contributed by atoms with E-state index in [9.17, 15) is 8.42 Å². The summed E-state index contributed by atoms with van der Waals surface area (Å²) in [6.07, 6.45) is 1.58. The second-order valence-electron chi connectivity index (χ2n) is 7.71. The summed E-state index contributed by atoms with van der Waals surface area (Å²) in [4.78, 5) is 4.56. The van der Waals surface area contributed by atoms with Crippen LogP contribution in [-0.2, 0) is 23.1 Å². The molecule has 8 heteroatoms. The van der Waals surface area contributed by atoms with E-state index in [-0.39, 0.29) is 18.0 Å². The third kappa shape index (κ3) is 5.96. The number of hydrogen-bond acceptors (Lipinski definition) is 4. The van der Waals surface area contributed by atoms with Gasteiger partial charge in [0.25, 0.3) is 0 Å². The molecule has 0 fully saturated rings. The first-order valence-corrected chi connectivity index (χ1v) is 12.7. The van der Waals surface area contributed by atoms with E-state index in [0.29, 0.717) is 27.3 Å². The van der Waals surface area contributed by atoms with Gasteiger partial charge in [-0.1, -0.05) is 59.6 Å². The van der Waals surface area contributed by atoms with Gasteiger partial charge >= 0.3 is 0 Å². The monoisotopic (exact) mass is 512 g/mol. The Bertz CT molecular complexity index is 1400. The standard InChI is InChI=1S/C26H22Cl2N2O3S/c1-19-7-10-22(15-26(19)28)29-16-23-11-12-24(33-23)18-30(17-20-5-3-2-4-6-20)34(31,32)25-13-8-21(27)9-14-25/h2-16H,17-18H2,1H3. The molecule has 0 amide bonds. The van der Waals surface area contributed by atoms with Gasteiger partial charge in [0.2, 0.25) is 10.0 Å². The van der Waals surface area contributed by atoms with Gasteiger partial charge < -0.3 is 4.42 Å². The van der Waals surface area contributed by atoms with Crippen molar-refractivity contribution in [2.75, 3.05) is 0 Å². The summed E-state index contributed by atoms with van der Waals surface area (Å²) in [5, 5.41) is 1.11. The average molecular weight is 513 g/mol. The smallest absolute Gasteiger partial charge is 0.243 e. The molecular weight excluding hydrogens is 491 g/mol. The highest BCUT2D eigenvalue weighted by Gasteiger charge is 2.26. The zero-order valence-electron chi connectivity index (χ0n) is 18.4. The quantitative estimate of drug-likeness (QED) is 0.238. The number of hydrogen-bond donors (Lipinski definition) is 0. The van der Waals surface area contributed by atoms with Gasteiger partial charge in [-0.3, -0.25) is 4.99 Å². The molecule has 4 rings (SSSR count). The second kappa shape index (κ2) is 10.6. The van der Waals surface area contributed by atoms with Crippen LogP contribution in [0, 0.1) is 6.92 Å². The third-order valence-electron chi connectivity index (χ3n) is 5.16. The van der Waals surface area contributed by atoms with Gasteiger partial charge in [0.05, 0.1) is 23.3 Å². The van der Waals surface area contributed by atoms with E-state index in [4.69, 9.17) is 27.6 Å². The number of sulfonamides is 1. The van der Waals surface area contributed by atoms with Crippen molar-refractivity contribution >= 4 is 45.1 Å². The lowest BCUT2D eigenvalue weighted by atomic mass is 10.2. The van der Waals surface area contributed by atoms with Gasteiger partial charge in [0.15, 0.2) is 0 Å². The fraction of sp³-hybridized carbons (Fsp3) is 0.115. The van der Waals surface area contributed by atoms with Crippen LogP contribution in [-0.4, -0.2) is 18.9 Å². The molecule has 0 unspecified atom stereocenters. The summed E-state index contributed by atoms with van der Waals surface area (Å²) in [6, 6.07) is 24.6. The van der Waals surface area contributed by atoms with Crippen LogP contribution in [0.1, 0.15) is 22.6 Å². The van der Waals surface area contributed by atoms with Crippen molar-refractivity contribution in [2.45, 2.75) is 24.9 Å². The van der Waals surface area contributed by atoms with Crippen LogP contribution in [0.15, 0.2) is 99.2 Å². The first-order chi connectivity index (χ1) is 16.3. The summed E-state index contributed by atoms with van der Waals surface area (Å²) in [5.41, 5.74) is 2.54. The number of furan rings is 1. The Balaban J connectivity index is 1.58. The maximum atomic E-state index is 13.4. The van der Waals surface area contributed by atoms with Crippen LogP contribution >= 0.6 is 23.2 Å². The van der Waals surface area contributed by atoms with Crippen molar-refractivity contribution in [3.63, 3.8) is 0 Å². The van der Waals surface area contributed by atoms with E-state index in [0.717, 1.165) is 11.1 Å². The molecule has 174 valence electrons. The molecule has 34 heavy (non-hydrogen) atoms. The summed E-state index contributed by atoms with van der Waals surface area (Å²) < 4.78 is 34.1. The lowest BCUT2D eigenvalue weighted by Crippen LogP contribution is -2.30. The molecule has 0 aliphatic carbocycles. The minimum absolute atomic E-state index is 0.0596. The van der Waals surface area contributed by atoms with Gasteiger partial charge in [-0.15, -0.1) is 0 Å². The number of benzene rings is 3. The summed E-state index contributed by atoms with van der Waals surface area (Å²) in [7, 11) is -3.80. The zero-order chi connectivity index (χ0) is 24.1. The topological polar surface area (TPSA) is 62.9 Å². The van der Waals surface area contributed by atoms with E-state index in [1.165, 1.54) is 16.4 Å². The fourth-order valence-corrected chi connectivity index (χ4v) is 4.99. The normalized spacial score (nSPS) is 12.0. The number of rotatable bonds is 8. The molecule has 0 atom stereocenters. The molecule has 0 spiro atoms. The Labute approximate surface area is 209 Å². The van der Waals surface area contributed by atoms with E-state index < -0.39 is 10.0 Å². The number of halogens is 2. The van der Waals surface area contributed by atoms with Crippen LogP contribution in [0.25, 0.3) is 0 Å². The molecule has 0 aliphatic rings. The Morgan fingerprint density at radius 3 is 2.35 bits per heavy atom. The maximum Gasteiger partial charge on any atom is 0.243 e. The minimum atomic E-state index is -3.80. The van der Waals surface area contributed by atoms with Crippen LogP contribution in [0.3, 0.4) is 0 Å². The molecule has 0 saturated carbocycles. The summed E-state index contributed by atoms with van der Waals surface area (Å²) in [5.74, 6) is 1.01. The van der Waals surface area contributed by atoms with Crippen LogP contribution in [0.4, 0.5) is 5.69 Å². The van der Waals surface area contributed by atoms with E-state index >= 15 is 0 Å². The Morgan fingerprint density at radius 1 is 0.912 bits per heavy atom. The van der Waals surface area contributed by atoms with Crippen LogP contribution < -0.4 is 0 Å². The van der Waals surface area contributed by atoms with Crippen molar-refractivity contribution in [2.24, 2.45) is 4.99 Å². The first kappa shape index (κ1) is 24.2. The first-order valence-electron chi connectivity index (χ1n) is 10.5. The Hall–Kier alpha value is -2.90. The average Bonchev–Trinajstić information content (AvgIpc) is 3.28. The predicted molar refractivity (Wildman–Crippen MR) is 136 cm³/mol. The molecular formula is C26H22Cl2N2O3S. The van der Waals surface area contributed by atoms with Gasteiger partial charge in [-0.2, -0.15) is 4.31 Å². The van der Waals surface area contributed by atoms with Crippen molar-refractivity contribution in [3.8, 4) is 0 Å². The molecule has 0 aliphatic heterocycles. The highest BCUT2D eigenvalue weighted by molar-refractivity contribution is 7.89. The second-order valence-corrected chi connectivity index (χ2v) is 10.5. The van der Waals surface area contributed by atoms with E-state index in [1.54, 1.807) is 36.5 Å². The largest absolute Gasteiger partial charge is 0.459 e. The van der Waals surface area contributed by atoms with Gasteiger partial charge in [0, 0.05) is 16.6 Å². The molecule has 1 aromatic heterocycles. The number of aliphatic imine (C=N–C) groups is 1. The molecule has 0 saturated heterocycles. The molecule has 4 aromatic rings. The maximum absolute atomic E-state index is 13.4. The van der Waals surface area contributed by atoms with Crippen molar-refractivity contribution in [1.82, 2.24) is 4.31 Å². The molecule has 0 bridgehead atoms. The SMILES string of the molecule is Cc1ccc(N=Cc2ccc(CN(Cc3ccccc3)S(=O)(=O)c3ccc(Cl)cc3)o2)cc1Cl. The zero-order valence-corrected chi connectivity index (χ0v) is 20.7. The van der Waals surface area contributed by atoms with Crippen molar-refractivity contribution < 1.29 is 12.8 Å². The van der Waals surface area contributed by atoms with Crippen LogP contribution in [0.5, 0.6) is 0 Å². The number of aryl methyl sites for hydroxylation is 1. The minimum Gasteiger partial charge on any atom is -0.459 e. The third-order valence-corrected chi connectivity index (χ3v) is 7.63. The van der Waals surface area contributed by atoms with E-state index in [1.807, 2.05) is 49.4 Å². The highest BCUT2D eigenvalue weighted by Crippen LogP contribution is 2.24. The van der Waals surface area contributed by atoms with Gasteiger partial charge in [-0.05, 0) is 66.6 Å². The predicted octanol–water partition coefficient (Wildman–Crippen LogP) is 7.04. The lowest BCUT2D eigenvalue weighted by molar-refractivity contribution is 0.357. The molecule has 1 heterocycles. The molecule has 3 aromatic carbocycles. The van der Waals surface area contributed by atoms with Gasteiger partial charge in [0.1, 0.15) is 11.5 Å².